The summed E-state index contributed by atoms with van der Waals surface area (Å²) >= 11 is 1.82. The van der Waals surface area contributed by atoms with E-state index in [0.29, 0.717) is 28.5 Å². The summed E-state index contributed by atoms with van der Waals surface area (Å²) in [5.41, 5.74) is 7.87. The standard InChI is InChI=1S/C23H23FN6S/c24-19-12-17(30-11-1-10-27-30)5-8-20(19)28-22-13-21-15(14-26-22)2-9-23(29-21)31-18-6-3-16(25)4-7-18/h1-2,5,8-14,16,18H,3-4,6-7,25H2,(H,26,28)/t16-,18+. The van der Waals surface area contributed by atoms with Crippen molar-refractivity contribution in [1.82, 2.24) is 19.7 Å². The van der Waals surface area contributed by atoms with Gasteiger partial charge in [0.05, 0.1) is 21.9 Å². The van der Waals surface area contributed by atoms with Gasteiger partial charge < -0.3 is 11.1 Å². The lowest BCUT2D eigenvalue weighted by Gasteiger charge is -2.25. The van der Waals surface area contributed by atoms with E-state index in [-0.39, 0.29) is 5.82 Å². The van der Waals surface area contributed by atoms with Crippen LogP contribution < -0.4 is 11.1 Å². The van der Waals surface area contributed by atoms with Gasteiger partial charge in [-0.25, -0.2) is 19.0 Å². The van der Waals surface area contributed by atoms with Gasteiger partial charge in [0, 0.05) is 47.4 Å². The van der Waals surface area contributed by atoms with E-state index in [2.05, 4.69) is 15.4 Å². The third kappa shape index (κ3) is 4.55. The summed E-state index contributed by atoms with van der Waals surface area (Å²) < 4.78 is 16.2. The highest BCUT2D eigenvalue weighted by atomic mass is 32.2. The van der Waals surface area contributed by atoms with Gasteiger partial charge in [0.1, 0.15) is 11.6 Å². The Morgan fingerprint density at radius 3 is 2.74 bits per heavy atom. The Kier molecular flexibility index (Phi) is 5.57. The molecule has 1 fully saturated rings. The van der Waals surface area contributed by atoms with Crippen molar-refractivity contribution < 1.29 is 4.39 Å². The van der Waals surface area contributed by atoms with E-state index in [1.165, 1.54) is 6.07 Å². The van der Waals surface area contributed by atoms with Gasteiger partial charge in [-0.15, -0.1) is 11.8 Å². The Hall–Kier alpha value is -2.97. The molecule has 158 valence electrons. The number of halogens is 1. The first-order valence-corrected chi connectivity index (χ1v) is 11.3. The summed E-state index contributed by atoms with van der Waals surface area (Å²) in [6.45, 7) is 0. The van der Waals surface area contributed by atoms with Crippen LogP contribution in [0.25, 0.3) is 16.6 Å². The zero-order valence-corrected chi connectivity index (χ0v) is 17.7. The SMILES string of the molecule is N[C@H]1CC[C@@H](Sc2ccc3cnc(Nc4ccc(-n5cccn5)cc4F)cc3n2)CC1. The van der Waals surface area contributed by atoms with Crippen molar-refractivity contribution in [3.05, 3.63) is 66.9 Å². The molecule has 3 heterocycles. The highest BCUT2D eigenvalue weighted by molar-refractivity contribution is 7.99. The quantitative estimate of drug-likeness (QED) is 0.457. The molecule has 0 atom stereocenters. The van der Waals surface area contributed by atoms with E-state index >= 15 is 0 Å². The van der Waals surface area contributed by atoms with E-state index in [1.54, 1.807) is 35.4 Å². The number of thioether (sulfide) groups is 1. The average molecular weight is 435 g/mol. The maximum atomic E-state index is 14.6. The van der Waals surface area contributed by atoms with Crippen LogP contribution in [0.1, 0.15) is 25.7 Å². The molecular formula is C23H23FN6S. The Balaban J connectivity index is 1.34. The van der Waals surface area contributed by atoms with Crippen molar-refractivity contribution in [3.8, 4) is 5.69 Å². The van der Waals surface area contributed by atoms with Crippen LogP contribution in [0.2, 0.25) is 0 Å². The van der Waals surface area contributed by atoms with Gasteiger partial charge in [0.15, 0.2) is 0 Å². The van der Waals surface area contributed by atoms with E-state index in [0.717, 1.165) is 41.6 Å². The molecule has 0 spiro atoms. The zero-order chi connectivity index (χ0) is 21.2. The third-order valence-corrected chi connectivity index (χ3v) is 6.81. The highest BCUT2D eigenvalue weighted by Gasteiger charge is 2.20. The molecule has 31 heavy (non-hydrogen) atoms. The lowest BCUT2D eigenvalue weighted by atomic mass is 9.96. The highest BCUT2D eigenvalue weighted by Crippen LogP contribution is 2.33. The van der Waals surface area contributed by atoms with Crippen LogP contribution in [0.3, 0.4) is 0 Å². The summed E-state index contributed by atoms with van der Waals surface area (Å²) in [5.74, 6) is 0.180. The molecule has 5 rings (SSSR count). The number of fused-ring (bicyclic) bond motifs is 1. The van der Waals surface area contributed by atoms with Crippen molar-refractivity contribution in [2.45, 2.75) is 42.0 Å². The number of anilines is 2. The van der Waals surface area contributed by atoms with Crippen molar-refractivity contribution in [3.63, 3.8) is 0 Å². The van der Waals surface area contributed by atoms with Crippen LogP contribution in [0.15, 0.2) is 66.1 Å². The third-order valence-electron chi connectivity index (χ3n) is 5.54. The molecule has 1 aromatic carbocycles. The van der Waals surface area contributed by atoms with Crippen LogP contribution in [0.4, 0.5) is 15.9 Å². The smallest absolute Gasteiger partial charge is 0.148 e. The van der Waals surface area contributed by atoms with Crippen LogP contribution in [-0.4, -0.2) is 31.0 Å². The van der Waals surface area contributed by atoms with Gasteiger partial charge in [0.2, 0.25) is 0 Å². The van der Waals surface area contributed by atoms with Gasteiger partial charge >= 0.3 is 0 Å². The maximum absolute atomic E-state index is 14.6. The Labute approximate surface area is 184 Å². The zero-order valence-electron chi connectivity index (χ0n) is 16.9. The molecule has 8 heteroatoms. The van der Waals surface area contributed by atoms with E-state index < -0.39 is 0 Å². The molecule has 3 aromatic heterocycles. The molecule has 0 bridgehead atoms. The minimum Gasteiger partial charge on any atom is -0.338 e. The fourth-order valence-electron chi connectivity index (χ4n) is 3.82. The average Bonchev–Trinajstić information content (AvgIpc) is 3.32. The van der Waals surface area contributed by atoms with Crippen LogP contribution >= 0.6 is 11.8 Å². The topological polar surface area (TPSA) is 81.6 Å². The first-order chi connectivity index (χ1) is 15.1. The summed E-state index contributed by atoms with van der Waals surface area (Å²) in [5, 5.41) is 9.71. The number of hydrogen-bond acceptors (Lipinski definition) is 6. The molecule has 3 N–H and O–H groups in total. The first kappa shape index (κ1) is 20.0. The molecule has 0 amide bonds. The normalized spacial score (nSPS) is 18.9. The fraction of sp³-hybridized carbons (Fsp3) is 0.261. The lowest BCUT2D eigenvalue weighted by Crippen LogP contribution is -2.27. The summed E-state index contributed by atoms with van der Waals surface area (Å²) in [6, 6.07) is 13.0. The van der Waals surface area contributed by atoms with Crippen LogP contribution in [0.5, 0.6) is 0 Å². The van der Waals surface area contributed by atoms with Crippen molar-refractivity contribution in [2.75, 3.05) is 5.32 Å². The van der Waals surface area contributed by atoms with Gasteiger partial charge in [-0.3, -0.25) is 0 Å². The molecule has 0 aliphatic heterocycles. The Morgan fingerprint density at radius 2 is 1.97 bits per heavy atom. The minimum absolute atomic E-state index is 0.343. The number of pyridine rings is 2. The van der Waals surface area contributed by atoms with Crippen molar-refractivity contribution >= 4 is 34.2 Å². The second kappa shape index (κ2) is 8.64. The maximum Gasteiger partial charge on any atom is 0.148 e. The van der Waals surface area contributed by atoms with E-state index in [9.17, 15) is 4.39 Å². The molecule has 0 unspecified atom stereocenters. The number of hydrogen-bond donors (Lipinski definition) is 2. The van der Waals surface area contributed by atoms with Gasteiger partial charge in [-0.2, -0.15) is 5.10 Å². The van der Waals surface area contributed by atoms with Gasteiger partial charge in [-0.05, 0) is 56.0 Å². The number of nitrogens with one attached hydrogen (secondary N) is 1. The first-order valence-electron chi connectivity index (χ1n) is 10.4. The molecule has 1 saturated carbocycles. The van der Waals surface area contributed by atoms with Crippen molar-refractivity contribution in [1.29, 1.82) is 0 Å². The predicted molar refractivity (Wildman–Crippen MR) is 122 cm³/mol. The summed E-state index contributed by atoms with van der Waals surface area (Å²) in [4.78, 5) is 9.22. The Bertz CT molecular complexity index is 1190. The fourth-order valence-corrected chi connectivity index (χ4v) is 4.96. The summed E-state index contributed by atoms with van der Waals surface area (Å²) in [7, 11) is 0. The molecule has 1 aliphatic carbocycles. The van der Waals surface area contributed by atoms with E-state index in [1.807, 2.05) is 36.0 Å². The minimum atomic E-state index is -0.373. The predicted octanol–water partition coefficient (Wildman–Crippen LogP) is 5.06. The second-order valence-corrected chi connectivity index (χ2v) is 9.13. The number of aromatic nitrogens is 4. The number of rotatable bonds is 5. The van der Waals surface area contributed by atoms with Crippen LogP contribution in [-0.2, 0) is 0 Å². The largest absolute Gasteiger partial charge is 0.338 e. The lowest BCUT2D eigenvalue weighted by molar-refractivity contribution is 0.450. The Morgan fingerprint density at radius 1 is 1.10 bits per heavy atom. The van der Waals surface area contributed by atoms with Gasteiger partial charge in [0.25, 0.3) is 0 Å². The molecule has 4 aromatic rings. The number of nitrogens with zero attached hydrogens (tertiary/aromatic N) is 4. The molecule has 0 saturated heterocycles. The van der Waals surface area contributed by atoms with Gasteiger partial charge in [-0.1, -0.05) is 0 Å². The number of benzene rings is 1. The summed E-state index contributed by atoms with van der Waals surface area (Å²) in [6.07, 6.45) is 9.60. The monoisotopic (exact) mass is 434 g/mol. The molecular weight excluding hydrogens is 411 g/mol. The molecule has 0 radical (unpaired) electrons. The molecule has 6 nitrogen and oxygen atoms in total. The van der Waals surface area contributed by atoms with Crippen molar-refractivity contribution in [2.24, 2.45) is 5.73 Å². The van der Waals surface area contributed by atoms with E-state index in [4.69, 9.17) is 10.7 Å². The van der Waals surface area contributed by atoms with Crippen LogP contribution in [0, 0.1) is 5.82 Å². The molecule has 1 aliphatic rings. The number of nitrogens with two attached hydrogens (primary N) is 1. The second-order valence-electron chi connectivity index (χ2n) is 7.81.